The number of para-hydroxylation sites is 2. The fourth-order valence-electron chi connectivity index (χ4n) is 4.31. The number of hydrogen-bond donors (Lipinski definition) is 1. The average Bonchev–Trinajstić information content (AvgIpc) is 2.97. The van der Waals surface area contributed by atoms with Crippen LogP contribution in [0, 0.1) is 0 Å². The number of nitrogens with one attached hydrogen (secondary N) is 1. The van der Waals surface area contributed by atoms with Crippen LogP contribution in [0.2, 0.25) is 0 Å². The van der Waals surface area contributed by atoms with Crippen LogP contribution in [0.1, 0.15) is 32.1 Å². The first-order valence-electron chi connectivity index (χ1n) is 9.75. The summed E-state index contributed by atoms with van der Waals surface area (Å²) < 4.78 is 11.6. The Labute approximate surface area is 159 Å². The Kier molecular flexibility index (Phi) is 4.85. The predicted molar refractivity (Wildman–Crippen MR) is 99.9 cm³/mol. The van der Waals surface area contributed by atoms with Crippen molar-refractivity contribution in [3.63, 3.8) is 0 Å². The number of benzene rings is 1. The SMILES string of the molecule is CN1C(=O)CCC12CCN(C(=O)NCCC1COc3ccccc3O1)CC2. The van der Waals surface area contributed by atoms with Gasteiger partial charge < -0.3 is 24.6 Å². The lowest BCUT2D eigenvalue weighted by Crippen LogP contribution is -2.54. The van der Waals surface area contributed by atoms with Crippen LogP contribution in [0.4, 0.5) is 4.79 Å². The number of nitrogens with zero attached hydrogens (tertiary/aromatic N) is 2. The Morgan fingerprint density at radius 2 is 1.96 bits per heavy atom. The first-order valence-corrected chi connectivity index (χ1v) is 9.75. The molecular formula is C20H27N3O4. The van der Waals surface area contributed by atoms with Gasteiger partial charge in [-0.25, -0.2) is 4.79 Å². The number of amides is 3. The zero-order valence-electron chi connectivity index (χ0n) is 15.8. The van der Waals surface area contributed by atoms with Crippen LogP contribution >= 0.6 is 0 Å². The van der Waals surface area contributed by atoms with Gasteiger partial charge in [-0.15, -0.1) is 0 Å². The molecule has 27 heavy (non-hydrogen) atoms. The monoisotopic (exact) mass is 373 g/mol. The molecule has 1 atom stereocenters. The molecule has 0 bridgehead atoms. The number of piperidine rings is 1. The second-order valence-electron chi connectivity index (χ2n) is 7.68. The molecule has 2 saturated heterocycles. The molecule has 1 spiro atoms. The Hall–Kier alpha value is -2.44. The van der Waals surface area contributed by atoms with E-state index in [-0.39, 0.29) is 23.6 Å². The molecule has 0 radical (unpaired) electrons. The van der Waals surface area contributed by atoms with E-state index in [1.165, 1.54) is 0 Å². The van der Waals surface area contributed by atoms with Crippen LogP contribution in [-0.4, -0.2) is 66.7 Å². The highest BCUT2D eigenvalue weighted by Crippen LogP contribution is 2.37. The summed E-state index contributed by atoms with van der Waals surface area (Å²) in [6.07, 6.45) is 3.92. The maximum atomic E-state index is 12.4. The van der Waals surface area contributed by atoms with Gasteiger partial charge in [0.1, 0.15) is 12.7 Å². The molecule has 4 rings (SSSR count). The van der Waals surface area contributed by atoms with Crippen molar-refractivity contribution in [2.75, 3.05) is 33.3 Å². The van der Waals surface area contributed by atoms with Crippen LogP contribution in [-0.2, 0) is 4.79 Å². The van der Waals surface area contributed by atoms with Gasteiger partial charge in [-0.1, -0.05) is 12.1 Å². The van der Waals surface area contributed by atoms with Gasteiger partial charge >= 0.3 is 6.03 Å². The van der Waals surface area contributed by atoms with E-state index in [4.69, 9.17) is 9.47 Å². The van der Waals surface area contributed by atoms with Gasteiger partial charge in [0.25, 0.3) is 0 Å². The Morgan fingerprint density at radius 1 is 1.22 bits per heavy atom. The number of carbonyl (C=O) groups excluding carboxylic acids is 2. The minimum absolute atomic E-state index is 0.0332. The third-order valence-corrected chi connectivity index (χ3v) is 6.18. The lowest BCUT2D eigenvalue weighted by molar-refractivity contribution is -0.130. The Balaban J connectivity index is 1.20. The summed E-state index contributed by atoms with van der Waals surface area (Å²) in [6.45, 7) is 2.44. The lowest BCUT2D eigenvalue weighted by Gasteiger charge is -2.43. The van der Waals surface area contributed by atoms with Crippen molar-refractivity contribution >= 4 is 11.9 Å². The van der Waals surface area contributed by atoms with Gasteiger partial charge in [-0.3, -0.25) is 4.79 Å². The van der Waals surface area contributed by atoms with E-state index in [0.29, 0.717) is 39.1 Å². The van der Waals surface area contributed by atoms with Gasteiger partial charge in [0, 0.05) is 45.1 Å². The largest absolute Gasteiger partial charge is 0.486 e. The minimum Gasteiger partial charge on any atom is -0.486 e. The molecule has 1 aromatic rings. The van der Waals surface area contributed by atoms with Crippen LogP contribution in [0.15, 0.2) is 24.3 Å². The Bertz CT molecular complexity index is 715. The normalized spacial score (nSPS) is 23.6. The molecule has 1 unspecified atom stereocenters. The van der Waals surface area contributed by atoms with E-state index in [9.17, 15) is 9.59 Å². The lowest BCUT2D eigenvalue weighted by atomic mass is 9.85. The van der Waals surface area contributed by atoms with Crippen LogP contribution in [0.3, 0.4) is 0 Å². The van der Waals surface area contributed by atoms with E-state index < -0.39 is 0 Å². The van der Waals surface area contributed by atoms with E-state index in [1.807, 2.05) is 41.1 Å². The molecule has 146 valence electrons. The fourth-order valence-corrected chi connectivity index (χ4v) is 4.31. The third-order valence-electron chi connectivity index (χ3n) is 6.18. The quantitative estimate of drug-likeness (QED) is 0.880. The summed E-state index contributed by atoms with van der Waals surface area (Å²) >= 11 is 0. The van der Waals surface area contributed by atoms with E-state index in [1.54, 1.807) is 0 Å². The molecule has 1 N–H and O–H groups in total. The van der Waals surface area contributed by atoms with Crippen LogP contribution in [0.5, 0.6) is 11.5 Å². The summed E-state index contributed by atoms with van der Waals surface area (Å²) in [5.74, 6) is 1.76. The van der Waals surface area contributed by atoms with Crippen molar-refractivity contribution in [1.29, 1.82) is 0 Å². The van der Waals surface area contributed by atoms with Gasteiger partial charge in [0.05, 0.1) is 0 Å². The number of carbonyl (C=O) groups is 2. The maximum absolute atomic E-state index is 12.4. The van der Waals surface area contributed by atoms with Crippen molar-refractivity contribution < 1.29 is 19.1 Å². The number of rotatable bonds is 3. The number of hydrogen-bond acceptors (Lipinski definition) is 4. The zero-order valence-corrected chi connectivity index (χ0v) is 15.8. The number of ether oxygens (including phenoxy) is 2. The van der Waals surface area contributed by atoms with Crippen molar-refractivity contribution in [1.82, 2.24) is 15.1 Å². The fraction of sp³-hybridized carbons (Fsp3) is 0.600. The third kappa shape index (κ3) is 3.55. The molecule has 0 aromatic heterocycles. The molecular weight excluding hydrogens is 346 g/mol. The topological polar surface area (TPSA) is 71.1 Å². The van der Waals surface area contributed by atoms with Gasteiger partial charge in [0.15, 0.2) is 11.5 Å². The summed E-state index contributed by atoms with van der Waals surface area (Å²) in [7, 11) is 1.90. The number of urea groups is 1. The van der Waals surface area contributed by atoms with Gasteiger partial charge in [0.2, 0.25) is 5.91 Å². The van der Waals surface area contributed by atoms with Gasteiger partial charge in [-0.05, 0) is 31.4 Å². The molecule has 3 aliphatic rings. The molecule has 7 heteroatoms. The minimum atomic E-state index is -0.0528. The maximum Gasteiger partial charge on any atom is 0.317 e. The van der Waals surface area contributed by atoms with Crippen LogP contribution < -0.4 is 14.8 Å². The summed E-state index contributed by atoms with van der Waals surface area (Å²) in [5.41, 5.74) is -0.0332. The predicted octanol–water partition coefficient (Wildman–Crippen LogP) is 2.01. The highest BCUT2D eigenvalue weighted by atomic mass is 16.6. The van der Waals surface area contributed by atoms with E-state index in [2.05, 4.69) is 5.32 Å². The van der Waals surface area contributed by atoms with E-state index in [0.717, 1.165) is 30.8 Å². The van der Waals surface area contributed by atoms with Crippen molar-refractivity contribution in [3.05, 3.63) is 24.3 Å². The first kappa shape index (κ1) is 17.9. The summed E-state index contributed by atoms with van der Waals surface area (Å²) in [4.78, 5) is 28.1. The van der Waals surface area contributed by atoms with Gasteiger partial charge in [-0.2, -0.15) is 0 Å². The second kappa shape index (κ2) is 7.29. The molecule has 3 aliphatic heterocycles. The Morgan fingerprint density at radius 3 is 2.67 bits per heavy atom. The molecule has 3 amide bonds. The standard InChI is InChI=1S/C20H27N3O4/c1-22-18(24)6-8-20(22)9-12-23(13-10-20)19(25)21-11-7-15-14-26-16-4-2-3-5-17(16)27-15/h2-5,15H,6-14H2,1H3,(H,21,25). The number of likely N-dealkylation sites (tertiary alicyclic amines) is 2. The second-order valence-corrected chi connectivity index (χ2v) is 7.68. The molecule has 3 heterocycles. The van der Waals surface area contributed by atoms with E-state index >= 15 is 0 Å². The van der Waals surface area contributed by atoms with Crippen molar-refractivity contribution in [3.8, 4) is 11.5 Å². The highest BCUT2D eigenvalue weighted by molar-refractivity contribution is 5.79. The zero-order chi connectivity index (χ0) is 18.9. The van der Waals surface area contributed by atoms with Crippen molar-refractivity contribution in [2.24, 2.45) is 0 Å². The summed E-state index contributed by atoms with van der Waals surface area (Å²) in [5, 5.41) is 2.99. The molecule has 0 saturated carbocycles. The molecule has 2 fully saturated rings. The smallest absolute Gasteiger partial charge is 0.317 e. The molecule has 0 aliphatic carbocycles. The molecule has 1 aromatic carbocycles. The van der Waals surface area contributed by atoms with Crippen molar-refractivity contribution in [2.45, 2.75) is 43.7 Å². The number of fused-ring (bicyclic) bond motifs is 1. The molecule has 7 nitrogen and oxygen atoms in total. The average molecular weight is 373 g/mol. The highest BCUT2D eigenvalue weighted by Gasteiger charge is 2.45. The summed E-state index contributed by atoms with van der Waals surface area (Å²) in [6, 6.07) is 7.60. The van der Waals surface area contributed by atoms with Crippen LogP contribution in [0.25, 0.3) is 0 Å². The first-order chi connectivity index (χ1) is 13.1.